The molecule has 4 rings (SSSR count). The van der Waals surface area contributed by atoms with Crippen LogP contribution in [0.1, 0.15) is 56.1 Å². The number of aryl methyl sites for hydroxylation is 1. The molecular weight excluding hydrogens is 275 g/mol. The molecule has 1 aromatic rings. The first-order valence-corrected chi connectivity index (χ1v) is 8.50. The van der Waals surface area contributed by atoms with Gasteiger partial charge in [-0.1, -0.05) is 18.9 Å². The lowest BCUT2D eigenvalue weighted by atomic mass is 9.53. The maximum atomic E-state index is 10.9. The van der Waals surface area contributed by atoms with Crippen molar-refractivity contribution in [3.05, 3.63) is 29.3 Å². The predicted octanol–water partition coefficient (Wildman–Crippen LogP) is 3.61. The summed E-state index contributed by atoms with van der Waals surface area (Å²) < 4.78 is 0. The Morgan fingerprint density at radius 1 is 1.23 bits per heavy atom. The summed E-state index contributed by atoms with van der Waals surface area (Å²) in [7, 11) is 0. The largest absolute Gasteiger partial charge is 0.508 e. The highest BCUT2D eigenvalue weighted by molar-refractivity contribution is 5.40. The maximum absolute atomic E-state index is 10.9. The molecule has 0 unspecified atom stereocenters. The second-order valence-corrected chi connectivity index (χ2v) is 7.80. The fraction of sp³-hybridized carbons (Fsp3) is 0.600. The van der Waals surface area contributed by atoms with Crippen molar-refractivity contribution in [2.75, 3.05) is 0 Å². The summed E-state index contributed by atoms with van der Waals surface area (Å²) in [5.74, 6) is 4.82. The van der Waals surface area contributed by atoms with Crippen molar-refractivity contribution in [2.24, 2.45) is 17.3 Å². The molecule has 0 bridgehead atoms. The van der Waals surface area contributed by atoms with Crippen LogP contribution in [0, 0.1) is 29.6 Å². The highest BCUT2D eigenvalue weighted by Crippen LogP contribution is 2.64. The van der Waals surface area contributed by atoms with Gasteiger partial charge in [0.05, 0.1) is 0 Å². The zero-order chi connectivity index (χ0) is 15.5. The van der Waals surface area contributed by atoms with E-state index in [9.17, 15) is 10.2 Å². The maximum Gasteiger partial charge on any atom is 0.130 e. The predicted molar refractivity (Wildman–Crippen MR) is 86.5 cm³/mol. The van der Waals surface area contributed by atoms with E-state index in [4.69, 9.17) is 6.42 Å². The molecule has 0 saturated heterocycles. The van der Waals surface area contributed by atoms with Crippen molar-refractivity contribution < 1.29 is 10.2 Å². The molecule has 22 heavy (non-hydrogen) atoms. The van der Waals surface area contributed by atoms with Gasteiger partial charge in [-0.2, -0.15) is 0 Å². The number of benzene rings is 1. The lowest BCUT2D eigenvalue weighted by Crippen LogP contribution is -2.50. The standard InChI is InChI=1S/C20H24O2/c1-3-20(22)11-9-18-17-6-4-13-12-14(21)5-7-15(13)16(17)8-10-19(18,20)2/h1,5,7,12,16-18,21-22H,4,6,8-11H2,2H3/t16-,17-,18+,19+,20+/m1/s1/i5+1,12+1,14+1. The van der Waals surface area contributed by atoms with Gasteiger partial charge in [0.25, 0.3) is 0 Å². The molecule has 3 aliphatic rings. The first-order valence-electron chi connectivity index (χ1n) is 8.50. The van der Waals surface area contributed by atoms with E-state index in [2.05, 4.69) is 18.9 Å². The van der Waals surface area contributed by atoms with Crippen LogP contribution in [0.5, 0.6) is 5.75 Å². The van der Waals surface area contributed by atoms with E-state index in [1.165, 1.54) is 11.1 Å². The van der Waals surface area contributed by atoms with Gasteiger partial charge < -0.3 is 10.2 Å². The molecule has 0 amide bonds. The number of aromatic hydroxyl groups is 1. The van der Waals surface area contributed by atoms with Gasteiger partial charge in [0.1, 0.15) is 11.4 Å². The number of aliphatic hydroxyl groups is 1. The van der Waals surface area contributed by atoms with E-state index in [1.54, 1.807) is 0 Å². The summed E-state index contributed by atoms with van der Waals surface area (Å²) in [5.41, 5.74) is 1.69. The minimum absolute atomic E-state index is 0.128. The van der Waals surface area contributed by atoms with Gasteiger partial charge in [0, 0.05) is 5.41 Å². The molecule has 2 heteroatoms. The van der Waals surface area contributed by atoms with E-state index in [1.807, 2.05) is 12.1 Å². The first-order chi connectivity index (χ1) is 10.5. The molecule has 0 aliphatic heterocycles. The molecule has 2 nitrogen and oxygen atoms in total. The van der Waals surface area contributed by atoms with Crippen molar-refractivity contribution >= 4 is 0 Å². The van der Waals surface area contributed by atoms with E-state index in [0.29, 0.717) is 23.5 Å². The Morgan fingerprint density at radius 2 is 2.05 bits per heavy atom. The van der Waals surface area contributed by atoms with Gasteiger partial charge in [-0.15, -0.1) is 6.42 Å². The summed E-state index contributed by atoms with van der Waals surface area (Å²) >= 11 is 0. The van der Waals surface area contributed by atoms with Crippen LogP contribution < -0.4 is 0 Å². The molecule has 116 valence electrons. The van der Waals surface area contributed by atoms with Gasteiger partial charge in [0.2, 0.25) is 0 Å². The fourth-order valence-corrected chi connectivity index (χ4v) is 5.82. The van der Waals surface area contributed by atoms with Crippen molar-refractivity contribution in [3.63, 3.8) is 0 Å². The number of rotatable bonds is 0. The molecule has 2 N–H and O–H groups in total. The van der Waals surface area contributed by atoms with Crippen LogP contribution in [0.4, 0.5) is 0 Å². The van der Waals surface area contributed by atoms with Gasteiger partial charge in [-0.25, -0.2) is 0 Å². The Morgan fingerprint density at radius 3 is 2.82 bits per heavy atom. The smallest absolute Gasteiger partial charge is 0.130 e. The number of hydrogen-bond acceptors (Lipinski definition) is 2. The van der Waals surface area contributed by atoms with Crippen molar-refractivity contribution in [2.45, 2.75) is 57.0 Å². The van der Waals surface area contributed by atoms with Gasteiger partial charge >= 0.3 is 0 Å². The summed E-state index contributed by atoms with van der Waals surface area (Å²) in [6.07, 6.45) is 11.8. The minimum Gasteiger partial charge on any atom is -0.508 e. The highest BCUT2D eigenvalue weighted by atomic mass is 16.3. The Labute approximate surface area is 132 Å². The van der Waals surface area contributed by atoms with E-state index < -0.39 is 5.60 Å². The zero-order valence-electron chi connectivity index (χ0n) is 13.2. The quantitative estimate of drug-likeness (QED) is 0.718. The summed E-state index contributed by atoms with van der Waals surface area (Å²) in [6.45, 7) is 2.22. The fourth-order valence-electron chi connectivity index (χ4n) is 5.82. The Kier molecular flexibility index (Phi) is 2.91. The van der Waals surface area contributed by atoms with E-state index >= 15 is 0 Å². The van der Waals surface area contributed by atoms with Gasteiger partial charge in [-0.3, -0.25) is 0 Å². The number of fused-ring (bicyclic) bond motifs is 5. The first kappa shape index (κ1) is 14.2. The molecule has 0 spiro atoms. The average Bonchev–Trinajstić information content (AvgIpc) is 2.79. The normalized spacial score (nSPS) is 42.9. The number of phenols is 1. The third-order valence-electron chi connectivity index (χ3n) is 7.10. The molecule has 2 saturated carbocycles. The minimum atomic E-state index is -0.919. The molecule has 0 heterocycles. The molecule has 3 aliphatic carbocycles. The van der Waals surface area contributed by atoms with Crippen molar-refractivity contribution in [1.29, 1.82) is 0 Å². The lowest BCUT2D eigenvalue weighted by Gasteiger charge is -2.52. The molecule has 0 radical (unpaired) electrons. The Hall–Kier alpha value is -1.46. The molecular formula is C20H24O2. The molecule has 1 aromatic carbocycles. The number of hydrogen-bond donors (Lipinski definition) is 2. The number of phenolic OH excluding ortho intramolecular Hbond substituents is 1. The summed E-state index contributed by atoms with van der Waals surface area (Å²) in [4.78, 5) is 0. The summed E-state index contributed by atoms with van der Waals surface area (Å²) in [6, 6.07) is 5.87. The van der Waals surface area contributed by atoms with Crippen LogP contribution in [0.25, 0.3) is 0 Å². The second-order valence-electron chi connectivity index (χ2n) is 7.80. The molecule has 2 fully saturated rings. The second kappa shape index (κ2) is 4.52. The van der Waals surface area contributed by atoms with E-state index in [-0.39, 0.29) is 5.41 Å². The van der Waals surface area contributed by atoms with Crippen molar-refractivity contribution in [1.82, 2.24) is 0 Å². The van der Waals surface area contributed by atoms with Crippen LogP contribution in [0.2, 0.25) is 0 Å². The summed E-state index contributed by atoms with van der Waals surface area (Å²) in [5, 5.41) is 20.6. The van der Waals surface area contributed by atoms with Crippen LogP contribution >= 0.6 is 0 Å². The zero-order valence-corrected chi connectivity index (χ0v) is 13.2. The topological polar surface area (TPSA) is 40.5 Å². The van der Waals surface area contributed by atoms with E-state index in [0.717, 1.165) is 38.5 Å². The Balaban J connectivity index is 1.72. The van der Waals surface area contributed by atoms with Gasteiger partial charge in [-0.05, 0) is 79.5 Å². The van der Waals surface area contributed by atoms with Gasteiger partial charge in [0.15, 0.2) is 0 Å². The van der Waals surface area contributed by atoms with Crippen LogP contribution in [0.15, 0.2) is 18.2 Å². The van der Waals surface area contributed by atoms with Crippen molar-refractivity contribution in [3.8, 4) is 18.1 Å². The number of terminal acetylenes is 1. The third kappa shape index (κ3) is 1.66. The lowest BCUT2D eigenvalue weighted by molar-refractivity contribution is -0.0646. The molecule has 5 atom stereocenters. The third-order valence-corrected chi connectivity index (χ3v) is 7.10. The average molecular weight is 299 g/mol. The van der Waals surface area contributed by atoms with Crippen LogP contribution in [0.3, 0.4) is 0 Å². The van der Waals surface area contributed by atoms with Crippen LogP contribution in [-0.2, 0) is 6.42 Å². The SMILES string of the molecule is C#C[C@]1(O)CC[C@H]2[C@@H]3CCc4[13cH][13c](O)[13cH]cc4[C@H]3CC[C@@]21C. The molecule has 0 aromatic heterocycles. The highest BCUT2D eigenvalue weighted by Gasteiger charge is 2.61. The van der Waals surface area contributed by atoms with Crippen LogP contribution in [-0.4, -0.2) is 15.8 Å². The monoisotopic (exact) mass is 299 g/mol. The Bertz CT molecular complexity index is 658.